The monoisotopic (exact) mass is 185 g/mol. The molecule has 13 heavy (non-hydrogen) atoms. The minimum Gasteiger partial charge on any atom is -0.394 e. The van der Waals surface area contributed by atoms with E-state index in [4.69, 9.17) is 5.11 Å². The molecule has 0 atom stereocenters. The minimum absolute atomic E-state index is 0.127. The van der Waals surface area contributed by atoms with Gasteiger partial charge in [-0.1, -0.05) is 12.5 Å². The molecule has 0 rings (SSSR count). The van der Waals surface area contributed by atoms with Gasteiger partial charge >= 0.3 is 0 Å². The van der Waals surface area contributed by atoms with Crippen LogP contribution in [-0.2, 0) is 0 Å². The third kappa shape index (κ3) is 8.00. The van der Waals surface area contributed by atoms with Gasteiger partial charge in [0, 0.05) is 5.54 Å². The molecule has 2 heteroatoms. The lowest BCUT2D eigenvalue weighted by molar-refractivity contribution is 0.188. The Kier molecular flexibility index (Phi) is 6.92. The first-order valence-electron chi connectivity index (χ1n) is 5.09. The van der Waals surface area contributed by atoms with Gasteiger partial charge in [0.15, 0.2) is 0 Å². The van der Waals surface area contributed by atoms with E-state index in [0.717, 1.165) is 13.0 Å². The van der Waals surface area contributed by atoms with E-state index in [0.29, 0.717) is 0 Å². The number of rotatable bonds is 8. The Morgan fingerprint density at radius 2 is 2.00 bits per heavy atom. The number of hydrogen-bond acceptors (Lipinski definition) is 2. The zero-order valence-electron chi connectivity index (χ0n) is 8.97. The first-order chi connectivity index (χ1) is 6.12. The zero-order chi connectivity index (χ0) is 10.2. The predicted molar refractivity (Wildman–Crippen MR) is 57.8 cm³/mol. The lowest BCUT2D eigenvalue weighted by atomic mass is 10.1. The van der Waals surface area contributed by atoms with Crippen LogP contribution in [0.1, 0.15) is 39.5 Å². The second kappa shape index (κ2) is 7.10. The van der Waals surface area contributed by atoms with Crippen LogP contribution in [-0.4, -0.2) is 23.8 Å². The van der Waals surface area contributed by atoms with Crippen molar-refractivity contribution in [3.05, 3.63) is 12.7 Å². The number of unbranched alkanes of at least 4 members (excludes halogenated alkanes) is 3. The van der Waals surface area contributed by atoms with Crippen molar-refractivity contribution in [2.45, 2.75) is 45.1 Å². The van der Waals surface area contributed by atoms with E-state index >= 15 is 0 Å². The van der Waals surface area contributed by atoms with Gasteiger partial charge in [0.1, 0.15) is 0 Å². The van der Waals surface area contributed by atoms with Gasteiger partial charge in [-0.05, 0) is 39.7 Å². The quantitative estimate of drug-likeness (QED) is 0.448. The molecule has 2 nitrogen and oxygen atoms in total. The summed E-state index contributed by atoms with van der Waals surface area (Å²) in [6, 6.07) is 0. The summed E-state index contributed by atoms with van der Waals surface area (Å²) in [6.07, 6.45) is 6.72. The molecule has 0 radical (unpaired) electrons. The predicted octanol–water partition coefficient (Wildman–Crippen LogP) is 2.09. The number of hydrogen-bond donors (Lipinski definition) is 2. The summed E-state index contributed by atoms with van der Waals surface area (Å²) in [6.45, 7) is 8.89. The summed E-state index contributed by atoms with van der Waals surface area (Å²) in [5, 5.41) is 12.3. The molecule has 0 amide bonds. The largest absolute Gasteiger partial charge is 0.394 e. The van der Waals surface area contributed by atoms with E-state index in [1.54, 1.807) is 0 Å². The van der Waals surface area contributed by atoms with Crippen molar-refractivity contribution in [3.63, 3.8) is 0 Å². The molecule has 0 aromatic carbocycles. The van der Waals surface area contributed by atoms with Gasteiger partial charge < -0.3 is 10.4 Å². The van der Waals surface area contributed by atoms with Crippen molar-refractivity contribution in [2.75, 3.05) is 13.2 Å². The minimum atomic E-state index is -0.127. The topological polar surface area (TPSA) is 32.3 Å². The number of aliphatic hydroxyl groups excluding tert-OH is 1. The highest BCUT2D eigenvalue weighted by Crippen LogP contribution is 2.02. The molecule has 0 aromatic heterocycles. The Labute approximate surface area is 82.0 Å². The van der Waals surface area contributed by atoms with Crippen molar-refractivity contribution < 1.29 is 5.11 Å². The maximum atomic E-state index is 8.96. The van der Waals surface area contributed by atoms with E-state index in [-0.39, 0.29) is 12.1 Å². The summed E-state index contributed by atoms with van der Waals surface area (Å²) in [5.74, 6) is 0. The van der Waals surface area contributed by atoms with Crippen molar-refractivity contribution in [1.29, 1.82) is 0 Å². The second-order valence-corrected chi connectivity index (χ2v) is 4.11. The maximum absolute atomic E-state index is 8.96. The second-order valence-electron chi connectivity index (χ2n) is 4.11. The molecule has 0 spiro atoms. The Morgan fingerprint density at radius 1 is 1.31 bits per heavy atom. The normalized spacial score (nSPS) is 11.6. The smallest absolute Gasteiger partial charge is 0.0607 e. The van der Waals surface area contributed by atoms with Gasteiger partial charge in [-0.25, -0.2) is 0 Å². The zero-order valence-corrected chi connectivity index (χ0v) is 8.97. The molecule has 0 aliphatic heterocycles. The van der Waals surface area contributed by atoms with E-state index in [1.807, 2.05) is 19.9 Å². The summed E-state index contributed by atoms with van der Waals surface area (Å²) in [5.41, 5.74) is -0.127. The molecule has 2 N–H and O–H groups in total. The summed E-state index contributed by atoms with van der Waals surface area (Å²) in [4.78, 5) is 0. The molecule has 0 saturated carbocycles. The summed E-state index contributed by atoms with van der Waals surface area (Å²) < 4.78 is 0. The molecular formula is C11H23NO. The molecular weight excluding hydrogens is 162 g/mol. The highest BCUT2D eigenvalue weighted by molar-refractivity contribution is 4.75. The molecule has 0 saturated heterocycles. The van der Waals surface area contributed by atoms with Crippen molar-refractivity contribution in [2.24, 2.45) is 0 Å². The SMILES string of the molecule is C=CCCCCCNC(C)(C)CO. The van der Waals surface area contributed by atoms with Gasteiger partial charge in [-0.15, -0.1) is 6.58 Å². The summed E-state index contributed by atoms with van der Waals surface area (Å²) in [7, 11) is 0. The van der Waals surface area contributed by atoms with Crippen LogP contribution in [0.4, 0.5) is 0 Å². The average Bonchev–Trinajstić information content (AvgIpc) is 2.11. The highest BCUT2D eigenvalue weighted by atomic mass is 16.3. The van der Waals surface area contributed by atoms with E-state index in [2.05, 4.69) is 11.9 Å². The number of nitrogens with one attached hydrogen (secondary N) is 1. The summed E-state index contributed by atoms with van der Waals surface area (Å²) >= 11 is 0. The van der Waals surface area contributed by atoms with Gasteiger partial charge in [0.25, 0.3) is 0 Å². The van der Waals surface area contributed by atoms with E-state index in [1.165, 1.54) is 19.3 Å². The van der Waals surface area contributed by atoms with Gasteiger partial charge in [-0.2, -0.15) is 0 Å². The molecule has 0 aromatic rings. The fourth-order valence-corrected chi connectivity index (χ4v) is 1.07. The van der Waals surface area contributed by atoms with Crippen molar-refractivity contribution >= 4 is 0 Å². The molecule has 0 aliphatic rings. The van der Waals surface area contributed by atoms with Crippen LogP contribution < -0.4 is 5.32 Å². The van der Waals surface area contributed by atoms with Crippen LogP contribution in [0.25, 0.3) is 0 Å². The lowest BCUT2D eigenvalue weighted by Gasteiger charge is -2.23. The van der Waals surface area contributed by atoms with Crippen LogP contribution in [0.15, 0.2) is 12.7 Å². The van der Waals surface area contributed by atoms with Crippen LogP contribution in [0, 0.1) is 0 Å². The van der Waals surface area contributed by atoms with Crippen LogP contribution in [0.2, 0.25) is 0 Å². The third-order valence-corrected chi connectivity index (χ3v) is 2.08. The lowest BCUT2D eigenvalue weighted by Crippen LogP contribution is -2.43. The van der Waals surface area contributed by atoms with Gasteiger partial charge in [0.2, 0.25) is 0 Å². The van der Waals surface area contributed by atoms with Crippen LogP contribution in [0.5, 0.6) is 0 Å². The molecule has 78 valence electrons. The third-order valence-electron chi connectivity index (χ3n) is 2.08. The fourth-order valence-electron chi connectivity index (χ4n) is 1.07. The Morgan fingerprint density at radius 3 is 2.54 bits per heavy atom. The average molecular weight is 185 g/mol. The van der Waals surface area contributed by atoms with Gasteiger partial charge in [-0.3, -0.25) is 0 Å². The molecule has 0 bridgehead atoms. The number of allylic oxidation sites excluding steroid dienone is 1. The first kappa shape index (κ1) is 12.7. The first-order valence-corrected chi connectivity index (χ1v) is 5.09. The van der Waals surface area contributed by atoms with E-state index in [9.17, 15) is 0 Å². The van der Waals surface area contributed by atoms with E-state index < -0.39 is 0 Å². The number of aliphatic hydroxyl groups is 1. The Hall–Kier alpha value is -0.340. The maximum Gasteiger partial charge on any atom is 0.0607 e. The van der Waals surface area contributed by atoms with Crippen LogP contribution in [0.3, 0.4) is 0 Å². The van der Waals surface area contributed by atoms with Crippen LogP contribution >= 0.6 is 0 Å². The molecule has 0 unspecified atom stereocenters. The molecule has 0 aliphatic carbocycles. The van der Waals surface area contributed by atoms with Gasteiger partial charge in [0.05, 0.1) is 6.61 Å². The molecule has 0 fully saturated rings. The van der Waals surface area contributed by atoms with Crippen molar-refractivity contribution in [1.82, 2.24) is 5.32 Å². The van der Waals surface area contributed by atoms with Crippen molar-refractivity contribution in [3.8, 4) is 0 Å². The highest BCUT2D eigenvalue weighted by Gasteiger charge is 2.13. The standard InChI is InChI=1S/C11H23NO/c1-4-5-6-7-8-9-12-11(2,3)10-13/h4,12-13H,1,5-10H2,2-3H3. The fraction of sp³-hybridized carbons (Fsp3) is 0.818. The Balaban J connectivity index is 3.20. The molecule has 0 heterocycles. The Bertz CT molecular complexity index is 132.